The van der Waals surface area contributed by atoms with E-state index < -0.39 is 17.8 Å². The molecular formula is C23H22O4. The number of furan rings is 1. The molecule has 0 N–H and O–H groups in total. The first-order valence-corrected chi connectivity index (χ1v) is 8.82. The molecule has 0 saturated heterocycles. The maximum absolute atomic E-state index is 12.5. The van der Waals surface area contributed by atoms with Gasteiger partial charge in [0.25, 0.3) is 0 Å². The Morgan fingerprint density at radius 2 is 1.56 bits per heavy atom. The van der Waals surface area contributed by atoms with Gasteiger partial charge in [-0.15, -0.1) is 0 Å². The normalized spacial score (nSPS) is 13.0. The number of esters is 1. The lowest BCUT2D eigenvalue weighted by Gasteiger charge is -2.23. The second-order valence-corrected chi connectivity index (χ2v) is 6.49. The zero-order chi connectivity index (χ0) is 19.4. The van der Waals surface area contributed by atoms with Crippen molar-refractivity contribution in [3.8, 4) is 11.3 Å². The highest BCUT2D eigenvalue weighted by Crippen LogP contribution is 2.38. The molecule has 2 aromatic carbocycles. The number of ether oxygens (including phenoxy) is 1. The van der Waals surface area contributed by atoms with Crippen molar-refractivity contribution in [2.45, 2.75) is 19.8 Å². The summed E-state index contributed by atoms with van der Waals surface area (Å²) in [4.78, 5) is 24.8. The number of aryl methyl sites for hydroxylation is 1. The monoisotopic (exact) mass is 362 g/mol. The van der Waals surface area contributed by atoms with E-state index in [1.54, 1.807) is 0 Å². The molecule has 2 atom stereocenters. The van der Waals surface area contributed by atoms with Gasteiger partial charge in [0.05, 0.1) is 7.11 Å². The zero-order valence-electron chi connectivity index (χ0n) is 15.6. The molecule has 0 saturated carbocycles. The quantitative estimate of drug-likeness (QED) is 0.468. The lowest BCUT2D eigenvalue weighted by Crippen LogP contribution is -2.30. The van der Waals surface area contributed by atoms with Crippen molar-refractivity contribution in [3.63, 3.8) is 0 Å². The van der Waals surface area contributed by atoms with Gasteiger partial charge in [0.2, 0.25) is 0 Å². The van der Waals surface area contributed by atoms with Crippen molar-refractivity contribution < 1.29 is 18.7 Å². The maximum Gasteiger partial charge on any atom is 0.317 e. The first-order chi connectivity index (χ1) is 13.0. The van der Waals surface area contributed by atoms with Gasteiger partial charge in [-0.25, -0.2) is 0 Å². The highest BCUT2D eigenvalue weighted by Gasteiger charge is 2.37. The first-order valence-electron chi connectivity index (χ1n) is 8.82. The Labute approximate surface area is 158 Å². The molecule has 0 fully saturated rings. The number of hydrogen-bond acceptors (Lipinski definition) is 4. The predicted molar refractivity (Wildman–Crippen MR) is 103 cm³/mol. The fourth-order valence-corrected chi connectivity index (χ4v) is 3.43. The van der Waals surface area contributed by atoms with E-state index in [2.05, 4.69) is 0 Å². The molecule has 27 heavy (non-hydrogen) atoms. The summed E-state index contributed by atoms with van der Waals surface area (Å²) in [6, 6.07) is 21.2. The standard InChI is InChI=1S/C23H22O4/c1-15(24)21(23(25)26-3)22(18-12-8-5-9-13-18)19-14-20(27-16(19)2)17-10-6-4-7-11-17/h4-14,21-22H,1-3H3. The molecule has 1 aromatic heterocycles. The van der Waals surface area contributed by atoms with Crippen LogP contribution in [0.5, 0.6) is 0 Å². The van der Waals surface area contributed by atoms with Crippen LogP contribution in [0.4, 0.5) is 0 Å². The van der Waals surface area contributed by atoms with Gasteiger partial charge in [0, 0.05) is 17.0 Å². The molecule has 0 aliphatic rings. The minimum absolute atomic E-state index is 0.238. The Kier molecular flexibility index (Phi) is 5.55. The topological polar surface area (TPSA) is 56.5 Å². The minimum atomic E-state index is -0.933. The molecule has 0 spiro atoms. The van der Waals surface area contributed by atoms with Gasteiger partial charge in [-0.1, -0.05) is 60.7 Å². The molecule has 0 amide bonds. The van der Waals surface area contributed by atoms with E-state index in [9.17, 15) is 9.59 Å². The predicted octanol–water partition coefficient (Wildman–Crippen LogP) is 4.77. The van der Waals surface area contributed by atoms with Gasteiger partial charge in [0.1, 0.15) is 23.2 Å². The van der Waals surface area contributed by atoms with E-state index in [4.69, 9.17) is 9.15 Å². The molecule has 138 valence electrons. The molecule has 2 unspecified atom stereocenters. The summed E-state index contributed by atoms with van der Waals surface area (Å²) in [6.07, 6.45) is 0. The number of Topliss-reactive ketones (excluding diaryl/α,β-unsaturated/α-hetero) is 1. The summed E-state index contributed by atoms with van der Waals surface area (Å²) < 4.78 is 10.9. The van der Waals surface area contributed by atoms with Crippen molar-refractivity contribution in [1.29, 1.82) is 0 Å². The maximum atomic E-state index is 12.5. The molecular weight excluding hydrogens is 340 g/mol. The van der Waals surface area contributed by atoms with Crippen molar-refractivity contribution in [1.82, 2.24) is 0 Å². The van der Waals surface area contributed by atoms with E-state index >= 15 is 0 Å². The largest absolute Gasteiger partial charge is 0.468 e. The molecule has 0 bridgehead atoms. The van der Waals surface area contributed by atoms with Crippen LogP contribution in [0, 0.1) is 12.8 Å². The summed E-state index contributed by atoms with van der Waals surface area (Å²) in [5.41, 5.74) is 2.62. The Balaban J connectivity index is 2.15. The Bertz CT molecular complexity index is 926. The molecule has 4 nitrogen and oxygen atoms in total. The second kappa shape index (κ2) is 8.04. The summed E-state index contributed by atoms with van der Waals surface area (Å²) in [5.74, 6) is -0.806. The third-order valence-electron chi connectivity index (χ3n) is 4.73. The van der Waals surface area contributed by atoms with E-state index in [0.29, 0.717) is 11.5 Å². The number of ketones is 1. The third kappa shape index (κ3) is 3.85. The van der Waals surface area contributed by atoms with Crippen LogP contribution in [0.25, 0.3) is 11.3 Å². The summed E-state index contributed by atoms with van der Waals surface area (Å²) in [6.45, 7) is 3.28. The molecule has 0 aliphatic carbocycles. The van der Waals surface area contributed by atoms with Crippen LogP contribution in [0.3, 0.4) is 0 Å². The lowest BCUT2D eigenvalue weighted by atomic mass is 9.78. The number of rotatable bonds is 6. The minimum Gasteiger partial charge on any atom is -0.468 e. The van der Waals surface area contributed by atoms with Crippen LogP contribution in [0.1, 0.15) is 29.7 Å². The average molecular weight is 362 g/mol. The second-order valence-electron chi connectivity index (χ2n) is 6.49. The van der Waals surface area contributed by atoms with Crippen LogP contribution in [-0.2, 0) is 14.3 Å². The highest BCUT2D eigenvalue weighted by atomic mass is 16.5. The molecule has 1 heterocycles. The summed E-state index contributed by atoms with van der Waals surface area (Å²) >= 11 is 0. The van der Waals surface area contributed by atoms with Crippen LogP contribution in [0.2, 0.25) is 0 Å². The van der Waals surface area contributed by atoms with E-state index in [0.717, 1.165) is 16.7 Å². The number of carbonyl (C=O) groups is 2. The summed E-state index contributed by atoms with van der Waals surface area (Å²) in [5, 5.41) is 0. The smallest absolute Gasteiger partial charge is 0.317 e. The van der Waals surface area contributed by atoms with Gasteiger partial charge in [-0.2, -0.15) is 0 Å². The first kappa shape index (κ1) is 18.6. The van der Waals surface area contributed by atoms with E-state index in [-0.39, 0.29) is 5.78 Å². The Morgan fingerprint density at radius 3 is 2.11 bits per heavy atom. The van der Waals surface area contributed by atoms with Crippen molar-refractivity contribution >= 4 is 11.8 Å². The molecule has 3 aromatic rings. The lowest BCUT2D eigenvalue weighted by molar-refractivity contribution is -0.149. The molecule has 3 rings (SSSR count). The molecule has 0 radical (unpaired) electrons. The zero-order valence-corrected chi connectivity index (χ0v) is 15.6. The fourth-order valence-electron chi connectivity index (χ4n) is 3.43. The number of hydrogen-bond donors (Lipinski definition) is 0. The van der Waals surface area contributed by atoms with E-state index in [1.165, 1.54) is 14.0 Å². The third-order valence-corrected chi connectivity index (χ3v) is 4.73. The van der Waals surface area contributed by atoms with Gasteiger partial charge in [-0.3, -0.25) is 9.59 Å². The fraction of sp³-hybridized carbons (Fsp3) is 0.217. The van der Waals surface area contributed by atoms with Crippen molar-refractivity contribution in [2.24, 2.45) is 5.92 Å². The number of carbonyl (C=O) groups excluding carboxylic acids is 2. The Morgan fingerprint density at radius 1 is 0.963 bits per heavy atom. The average Bonchev–Trinajstić information content (AvgIpc) is 3.07. The molecule has 4 heteroatoms. The highest BCUT2D eigenvalue weighted by molar-refractivity contribution is 5.99. The van der Waals surface area contributed by atoms with Crippen LogP contribution >= 0.6 is 0 Å². The van der Waals surface area contributed by atoms with Gasteiger partial charge in [-0.05, 0) is 25.5 Å². The van der Waals surface area contributed by atoms with Gasteiger partial charge < -0.3 is 9.15 Å². The SMILES string of the molecule is COC(=O)C(C(C)=O)C(c1ccccc1)c1cc(-c2ccccc2)oc1C. The molecule has 0 aliphatic heterocycles. The van der Waals surface area contributed by atoms with Crippen molar-refractivity contribution in [2.75, 3.05) is 7.11 Å². The van der Waals surface area contributed by atoms with Crippen LogP contribution < -0.4 is 0 Å². The van der Waals surface area contributed by atoms with Crippen LogP contribution in [0.15, 0.2) is 71.1 Å². The summed E-state index contributed by atoms with van der Waals surface area (Å²) in [7, 11) is 1.30. The van der Waals surface area contributed by atoms with E-state index in [1.807, 2.05) is 73.7 Å². The Hall–Kier alpha value is -3.14. The van der Waals surface area contributed by atoms with Gasteiger partial charge in [0.15, 0.2) is 0 Å². The van der Waals surface area contributed by atoms with Gasteiger partial charge >= 0.3 is 5.97 Å². The number of methoxy groups -OCH3 is 1. The number of benzene rings is 2. The van der Waals surface area contributed by atoms with Crippen molar-refractivity contribution in [3.05, 3.63) is 83.6 Å². The van der Waals surface area contributed by atoms with Crippen LogP contribution in [-0.4, -0.2) is 18.9 Å².